The van der Waals surface area contributed by atoms with E-state index < -0.39 is 23.3 Å². The Kier molecular flexibility index (Phi) is 6.30. The first-order chi connectivity index (χ1) is 32.3. The second kappa shape index (κ2) is 11.9. The molecule has 0 N–H and O–H groups in total. The molecule has 0 nitrogen and oxygen atoms in total. The fourth-order valence-corrected chi connectivity index (χ4v) is 12.7. The van der Waals surface area contributed by atoms with Gasteiger partial charge in [-0.15, -0.1) is 0 Å². The van der Waals surface area contributed by atoms with Gasteiger partial charge >= 0.3 is 0 Å². The molecule has 0 saturated heterocycles. The average Bonchev–Trinajstić information content (AvgIpc) is 3.81. The van der Waals surface area contributed by atoms with Gasteiger partial charge in [0.1, 0.15) is 23.3 Å². The highest BCUT2D eigenvalue weighted by molar-refractivity contribution is 6.45. The van der Waals surface area contributed by atoms with E-state index in [1.165, 1.54) is 121 Å². The highest BCUT2D eigenvalue weighted by atomic mass is 19.1. The summed E-state index contributed by atoms with van der Waals surface area (Å²) in [4.78, 5) is 0. The van der Waals surface area contributed by atoms with Gasteiger partial charge in [0.25, 0.3) is 0 Å². The summed E-state index contributed by atoms with van der Waals surface area (Å²) >= 11 is 0. The van der Waals surface area contributed by atoms with Crippen LogP contribution < -0.4 is 0 Å². The summed E-state index contributed by atoms with van der Waals surface area (Å²) in [6, 6.07) is 56.0. The van der Waals surface area contributed by atoms with Crippen molar-refractivity contribution in [3.05, 3.63) is 193 Å². The zero-order chi connectivity index (χ0) is 43.4. The zero-order valence-electron chi connectivity index (χ0n) is 34.7. The molecule has 16 rings (SSSR count). The Balaban J connectivity index is 0.928. The molecule has 0 fully saturated rings. The molecule has 0 aliphatic carbocycles. The van der Waals surface area contributed by atoms with E-state index in [1.54, 1.807) is 0 Å². The van der Waals surface area contributed by atoms with Gasteiger partial charge in [0, 0.05) is 12.1 Å². The van der Waals surface area contributed by atoms with Crippen molar-refractivity contribution in [1.82, 2.24) is 0 Å². The molecule has 0 bridgehead atoms. The van der Waals surface area contributed by atoms with E-state index in [0.717, 1.165) is 66.3 Å². The Labute approximate surface area is 371 Å². The van der Waals surface area contributed by atoms with Crippen molar-refractivity contribution in [2.24, 2.45) is 0 Å². The van der Waals surface area contributed by atoms with Crippen LogP contribution in [0.1, 0.15) is 0 Å². The average molecular weight is 849 g/mol. The first kappa shape index (κ1) is 35.1. The molecule has 0 aromatic heterocycles. The monoisotopic (exact) mass is 848 g/mol. The largest absolute Gasteiger partial charge is 0.207 e. The second-order valence-corrected chi connectivity index (χ2v) is 18.4. The van der Waals surface area contributed by atoms with Gasteiger partial charge in [-0.2, -0.15) is 0 Å². The summed E-state index contributed by atoms with van der Waals surface area (Å²) in [6.07, 6.45) is 0. The third kappa shape index (κ3) is 4.26. The minimum Gasteiger partial charge on any atom is -0.207 e. The van der Waals surface area contributed by atoms with Crippen molar-refractivity contribution >= 4 is 140 Å². The van der Waals surface area contributed by atoms with Crippen LogP contribution in [0.5, 0.6) is 0 Å². The molecule has 0 heterocycles. The summed E-state index contributed by atoms with van der Waals surface area (Å²) in [6.45, 7) is 0. The van der Waals surface area contributed by atoms with Crippen molar-refractivity contribution in [1.29, 1.82) is 0 Å². The number of fused-ring (bicyclic) bond motifs is 11. The van der Waals surface area contributed by atoms with Gasteiger partial charge in [-0.05, 0) is 211 Å². The molecule has 16 aromatic carbocycles. The minimum absolute atomic E-state index is 0.524. The standard InChI is InChI=1S/C62H28F4/c63-33-19-31(20-34(64)27-33)37-7-9-43-47-13-17-51-55-25-30-26-56-52-18-14-48-44-10-8-38(32-21-35(65)28-36(66)22-32)40-4-2-6-42(58(40)44)46-12-16-50(62(52)60(46)48)54(56)24-29(30)23-53(55)49-15-11-45(59(47)61(49)51)41-5-1-3-39(37)57(41)43/h1-28H. The normalized spacial score (nSPS) is 12.8. The van der Waals surface area contributed by atoms with Crippen LogP contribution in [0.2, 0.25) is 0 Å². The lowest BCUT2D eigenvalue weighted by Gasteiger charge is -2.17. The molecule has 0 atom stereocenters. The summed E-state index contributed by atoms with van der Waals surface area (Å²) in [7, 11) is 0. The van der Waals surface area contributed by atoms with Crippen molar-refractivity contribution in [2.45, 2.75) is 0 Å². The lowest BCUT2D eigenvalue weighted by atomic mass is 9.86. The Morgan fingerprint density at radius 2 is 0.439 bits per heavy atom. The van der Waals surface area contributed by atoms with Gasteiger partial charge in [0.2, 0.25) is 0 Å². The number of hydrogen-bond donors (Lipinski definition) is 0. The quantitative estimate of drug-likeness (QED) is 0.0924. The predicted molar refractivity (Wildman–Crippen MR) is 269 cm³/mol. The van der Waals surface area contributed by atoms with Crippen LogP contribution in [0.4, 0.5) is 17.6 Å². The third-order valence-electron chi connectivity index (χ3n) is 15.2. The van der Waals surface area contributed by atoms with Crippen LogP contribution in [0.15, 0.2) is 170 Å². The van der Waals surface area contributed by atoms with E-state index >= 15 is 0 Å². The highest BCUT2D eigenvalue weighted by Crippen LogP contribution is 2.52. The summed E-state index contributed by atoms with van der Waals surface area (Å²) < 4.78 is 57.9. The predicted octanol–water partition coefficient (Wildman–Crippen LogP) is 18.3. The smallest absolute Gasteiger partial charge is 0.126 e. The third-order valence-corrected chi connectivity index (χ3v) is 15.2. The van der Waals surface area contributed by atoms with E-state index in [0.29, 0.717) is 11.1 Å². The van der Waals surface area contributed by atoms with Crippen molar-refractivity contribution < 1.29 is 17.6 Å². The Morgan fingerprint density at radius 1 is 0.197 bits per heavy atom. The summed E-state index contributed by atoms with van der Waals surface area (Å²) in [5.74, 6) is -2.36. The van der Waals surface area contributed by atoms with E-state index in [9.17, 15) is 17.6 Å². The fourth-order valence-electron chi connectivity index (χ4n) is 12.7. The maximum atomic E-state index is 14.5. The van der Waals surface area contributed by atoms with Crippen molar-refractivity contribution in [3.8, 4) is 22.3 Å². The molecule has 0 aliphatic heterocycles. The Morgan fingerprint density at radius 3 is 0.758 bits per heavy atom. The molecule has 0 unspecified atom stereocenters. The molecular formula is C62H28F4. The van der Waals surface area contributed by atoms with Crippen LogP contribution in [-0.4, -0.2) is 0 Å². The Hall–Kier alpha value is -8.34. The van der Waals surface area contributed by atoms with E-state index in [2.05, 4.69) is 121 Å². The topological polar surface area (TPSA) is 0 Å². The fraction of sp³-hybridized carbons (Fsp3) is 0. The van der Waals surface area contributed by atoms with E-state index in [-0.39, 0.29) is 0 Å². The van der Waals surface area contributed by atoms with Crippen LogP contribution >= 0.6 is 0 Å². The van der Waals surface area contributed by atoms with E-state index in [1.807, 2.05) is 12.1 Å². The lowest BCUT2D eigenvalue weighted by Crippen LogP contribution is -1.90. The number of hydrogen-bond acceptors (Lipinski definition) is 0. The van der Waals surface area contributed by atoms with Crippen LogP contribution in [-0.2, 0) is 0 Å². The highest BCUT2D eigenvalue weighted by Gasteiger charge is 2.24. The molecular weight excluding hydrogens is 821 g/mol. The number of halogens is 4. The van der Waals surface area contributed by atoms with Gasteiger partial charge in [0.15, 0.2) is 0 Å². The van der Waals surface area contributed by atoms with Gasteiger partial charge in [-0.3, -0.25) is 0 Å². The van der Waals surface area contributed by atoms with Crippen molar-refractivity contribution in [2.75, 3.05) is 0 Å². The van der Waals surface area contributed by atoms with Crippen LogP contribution in [0, 0.1) is 23.3 Å². The van der Waals surface area contributed by atoms with E-state index in [4.69, 9.17) is 0 Å². The molecule has 0 saturated carbocycles. The van der Waals surface area contributed by atoms with Crippen LogP contribution in [0.3, 0.4) is 0 Å². The van der Waals surface area contributed by atoms with Gasteiger partial charge < -0.3 is 0 Å². The Bertz CT molecular complexity index is 4340. The second-order valence-electron chi connectivity index (χ2n) is 18.4. The zero-order valence-corrected chi connectivity index (χ0v) is 34.7. The maximum absolute atomic E-state index is 14.5. The first-order valence-electron chi connectivity index (χ1n) is 22.2. The molecule has 304 valence electrons. The number of rotatable bonds is 2. The molecule has 16 aromatic rings. The first-order valence-corrected chi connectivity index (χ1v) is 22.2. The van der Waals surface area contributed by atoms with Gasteiger partial charge in [-0.25, -0.2) is 17.6 Å². The summed E-state index contributed by atoms with van der Waals surface area (Å²) in [5.41, 5.74) is 2.66. The molecule has 0 spiro atoms. The summed E-state index contributed by atoms with van der Waals surface area (Å²) in [5, 5.41) is 30.5. The molecule has 0 radical (unpaired) electrons. The number of benzene rings is 14. The molecule has 66 heavy (non-hydrogen) atoms. The van der Waals surface area contributed by atoms with Gasteiger partial charge in [0.05, 0.1) is 0 Å². The molecule has 0 aliphatic rings. The maximum Gasteiger partial charge on any atom is 0.126 e. The molecule has 0 amide bonds. The lowest BCUT2D eigenvalue weighted by molar-refractivity contribution is 0.583. The van der Waals surface area contributed by atoms with Crippen LogP contribution in [0.25, 0.3) is 162 Å². The van der Waals surface area contributed by atoms with Crippen molar-refractivity contribution in [3.63, 3.8) is 0 Å². The van der Waals surface area contributed by atoms with Gasteiger partial charge in [-0.1, -0.05) is 109 Å². The minimum atomic E-state index is -0.590. The molecule has 4 heteroatoms. The SMILES string of the molecule is Fc1cc(F)cc(-c2ccc3c4ccc5c6cc7cc8c(cc7cc6c6ccc(c7cccc2c73)c4c65)c2ccc3c4cccc5c(-c6cc(F)cc(F)c6)ccc(c6ccc8c2c36)c54)c1.